The van der Waals surface area contributed by atoms with Crippen LogP contribution >= 0.6 is 0 Å². The van der Waals surface area contributed by atoms with Gasteiger partial charge < -0.3 is 20.5 Å². The summed E-state index contributed by atoms with van der Waals surface area (Å²) >= 11 is 0. The highest BCUT2D eigenvalue weighted by atomic mass is 16.5. The summed E-state index contributed by atoms with van der Waals surface area (Å²) in [6.07, 6.45) is 2.86. The molecule has 0 aromatic heterocycles. The molecule has 2 aliphatic carbocycles. The van der Waals surface area contributed by atoms with E-state index in [1.807, 2.05) is 31.2 Å². The van der Waals surface area contributed by atoms with Crippen LogP contribution < -0.4 is 10.6 Å². The third-order valence-electron chi connectivity index (χ3n) is 6.98. The summed E-state index contributed by atoms with van der Waals surface area (Å²) < 4.78 is 5.60. The molecule has 7 heteroatoms. The molecule has 180 valence electrons. The Bertz CT molecular complexity index is 1010. The standard InChI is InChI=1S/C27H32N2O5/c1-2-18(15-25(30)28-19-9-7-8-17(14-19)26(31)32)29-27(33)34-16-24-22-12-5-3-10-20(22)21-11-4-6-13-23(21)24/h3-6,10-13,17-19,24H,2,7-9,14-16H2,1H3,(H,28,30)(H,29,33)(H,31,32)/t17-,18+,19+/m0/s1. The van der Waals surface area contributed by atoms with Crippen molar-refractivity contribution in [3.8, 4) is 11.1 Å². The molecule has 0 radical (unpaired) electrons. The van der Waals surface area contributed by atoms with Crippen molar-refractivity contribution in [3.05, 3.63) is 59.7 Å². The van der Waals surface area contributed by atoms with Crippen molar-refractivity contribution in [1.29, 1.82) is 0 Å². The number of nitrogens with one attached hydrogen (secondary N) is 2. The van der Waals surface area contributed by atoms with Crippen LogP contribution in [0.4, 0.5) is 4.79 Å². The second-order valence-electron chi connectivity index (χ2n) is 9.25. The molecule has 0 heterocycles. The maximum atomic E-state index is 12.6. The molecular formula is C27H32N2O5. The summed E-state index contributed by atoms with van der Waals surface area (Å²) in [5.74, 6) is -1.40. The van der Waals surface area contributed by atoms with Gasteiger partial charge in [0.2, 0.25) is 5.91 Å². The first-order chi connectivity index (χ1) is 16.5. The fourth-order valence-corrected chi connectivity index (χ4v) is 5.16. The molecule has 7 nitrogen and oxygen atoms in total. The second kappa shape index (κ2) is 10.7. The van der Waals surface area contributed by atoms with E-state index in [0.717, 1.165) is 24.0 Å². The zero-order chi connectivity index (χ0) is 24.1. The molecule has 0 unspecified atom stereocenters. The fraction of sp³-hybridized carbons (Fsp3) is 0.444. The zero-order valence-corrected chi connectivity index (χ0v) is 19.5. The number of hydrogen-bond donors (Lipinski definition) is 3. The first-order valence-corrected chi connectivity index (χ1v) is 12.1. The van der Waals surface area contributed by atoms with Gasteiger partial charge in [-0.3, -0.25) is 9.59 Å². The van der Waals surface area contributed by atoms with Gasteiger partial charge in [0, 0.05) is 24.4 Å². The quantitative estimate of drug-likeness (QED) is 0.535. The molecule has 0 spiro atoms. The van der Waals surface area contributed by atoms with Crippen molar-refractivity contribution in [2.75, 3.05) is 6.61 Å². The zero-order valence-electron chi connectivity index (χ0n) is 19.5. The number of alkyl carbamates (subject to hydrolysis) is 1. The molecule has 1 fully saturated rings. The number of aliphatic carboxylic acids is 1. The smallest absolute Gasteiger partial charge is 0.407 e. The highest BCUT2D eigenvalue weighted by Crippen LogP contribution is 2.44. The van der Waals surface area contributed by atoms with Crippen LogP contribution in [0.3, 0.4) is 0 Å². The Labute approximate surface area is 199 Å². The average molecular weight is 465 g/mol. The normalized spacial score (nSPS) is 20.0. The van der Waals surface area contributed by atoms with E-state index in [1.165, 1.54) is 11.1 Å². The lowest BCUT2D eigenvalue weighted by atomic mass is 9.85. The number of fused-ring (bicyclic) bond motifs is 3. The van der Waals surface area contributed by atoms with Crippen LogP contribution in [0.1, 0.15) is 62.5 Å². The Morgan fingerprint density at radius 2 is 1.68 bits per heavy atom. The number of carbonyl (C=O) groups is 3. The van der Waals surface area contributed by atoms with Crippen LogP contribution in [-0.4, -0.2) is 41.8 Å². The van der Waals surface area contributed by atoms with E-state index in [4.69, 9.17) is 4.74 Å². The average Bonchev–Trinajstić information content (AvgIpc) is 3.16. The third kappa shape index (κ3) is 5.41. The molecule has 3 N–H and O–H groups in total. The monoisotopic (exact) mass is 464 g/mol. The van der Waals surface area contributed by atoms with E-state index < -0.39 is 18.0 Å². The number of hydrogen-bond acceptors (Lipinski definition) is 4. The van der Waals surface area contributed by atoms with Crippen LogP contribution in [-0.2, 0) is 14.3 Å². The number of amides is 2. The molecule has 2 aromatic rings. The van der Waals surface area contributed by atoms with Crippen LogP contribution in [0.15, 0.2) is 48.5 Å². The van der Waals surface area contributed by atoms with E-state index in [1.54, 1.807) is 0 Å². The highest BCUT2D eigenvalue weighted by Gasteiger charge is 2.30. The van der Waals surface area contributed by atoms with Crippen LogP contribution in [0.25, 0.3) is 11.1 Å². The molecule has 4 rings (SSSR count). The van der Waals surface area contributed by atoms with E-state index >= 15 is 0 Å². The lowest BCUT2D eigenvalue weighted by Gasteiger charge is -2.28. The van der Waals surface area contributed by atoms with Gasteiger partial charge in [0.15, 0.2) is 0 Å². The van der Waals surface area contributed by atoms with Gasteiger partial charge in [0.05, 0.1) is 5.92 Å². The van der Waals surface area contributed by atoms with Crippen molar-refractivity contribution in [2.24, 2.45) is 5.92 Å². The summed E-state index contributed by atoms with van der Waals surface area (Å²) in [7, 11) is 0. The number of rotatable bonds is 8. The van der Waals surface area contributed by atoms with Crippen LogP contribution in [0.5, 0.6) is 0 Å². The Morgan fingerprint density at radius 1 is 1.03 bits per heavy atom. The van der Waals surface area contributed by atoms with Gasteiger partial charge in [-0.05, 0) is 47.9 Å². The van der Waals surface area contributed by atoms with Crippen molar-refractivity contribution in [1.82, 2.24) is 10.6 Å². The van der Waals surface area contributed by atoms with Gasteiger partial charge in [-0.2, -0.15) is 0 Å². The number of benzene rings is 2. The van der Waals surface area contributed by atoms with Crippen LogP contribution in [0.2, 0.25) is 0 Å². The summed E-state index contributed by atoms with van der Waals surface area (Å²) in [5.41, 5.74) is 4.64. The number of carboxylic acid groups (broad SMARTS) is 1. The molecule has 3 atom stereocenters. The molecule has 2 aliphatic rings. The summed E-state index contributed by atoms with van der Waals surface area (Å²) in [6, 6.07) is 15.8. The van der Waals surface area contributed by atoms with E-state index in [0.29, 0.717) is 19.3 Å². The van der Waals surface area contributed by atoms with Gasteiger partial charge in [0.25, 0.3) is 0 Å². The number of ether oxygens (including phenoxy) is 1. The molecule has 2 aromatic carbocycles. The maximum absolute atomic E-state index is 12.6. The molecule has 0 aliphatic heterocycles. The second-order valence-corrected chi connectivity index (χ2v) is 9.25. The number of carbonyl (C=O) groups excluding carboxylic acids is 2. The maximum Gasteiger partial charge on any atom is 0.407 e. The van der Waals surface area contributed by atoms with Crippen molar-refractivity contribution >= 4 is 18.0 Å². The van der Waals surface area contributed by atoms with Crippen LogP contribution in [0, 0.1) is 5.92 Å². The molecule has 2 amide bonds. The topological polar surface area (TPSA) is 105 Å². The van der Waals surface area contributed by atoms with E-state index in [9.17, 15) is 19.5 Å². The third-order valence-corrected chi connectivity index (χ3v) is 6.98. The lowest BCUT2D eigenvalue weighted by Crippen LogP contribution is -2.44. The lowest BCUT2D eigenvalue weighted by molar-refractivity contribution is -0.143. The van der Waals surface area contributed by atoms with Crippen molar-refractivity contribution in [3.63, 3.8) is 0 Å². The minimum Gasteiger partial charge on any atom is -0.481 e. The first kappa shape index (κ1) is 23.8. The summed E-state index contributed by atoms with van der Waals surface area (Å²) in [6.45, 7) is 2.13. The predicted molar refractivity (Wildman–Crippen MR) is 128 cm³/mol. The Balaban J connectivity index is 1.28. The van der Waals surface area contributed by atoms with Gasteiger partial charge >= 0.3 is 12.1 Å². The Hall–Kier alpha value is -3.35. The summed E-state index contributed by atoms with van der Waals surface area (Å²) in [5, 5.41) is 15.0. The molecule has 1 saturated carbocycles. The van der Waals surface area contributed by atoms with Gasteiger partial charge in [-0.15, -0.1) is 0 Å². The predicted octanol–water partition coefficient (Wildman–Crippen LogP) is 4.45. The first-order valence-electron chi connectivity index (χ1n) is 12.1. The van der Waals surface area contributed by atoms with Gasteiger partial charge in [-0.1, -0.05) is 61.9 Å². The Kier molecular flexibility index (Phi) is 7.50. The minimum atomic E-state index is -0.803. The van der Waals surface area contributed by atoms with Crippen molar-refractivity contribution in [2.45, 2.75) is 63.5 Å². The molecule has 34 heavy (non-hydrogen) atoms. The van der Waals surface area contributed by atoms with Gasteiger partial charge in [0.1, 0.15) is 6.61 Å². The minimum absolute atomic E-state index is 0.0185. The van der Waals surface area contributed by atoms with E-state index in [2.05, 4.69) is 34.9 Å². The molecule has 0 saturated heterocycles. The Morgan fingerprint density at radius 3 is 2.29 bits per heavy atom. The highest BCUT2D eigenvalue weighted by molar-refractivity contribution is 5.80. The molecular weight excluding hydrogens is 432 g/mol. The SMILES string of the molecule is CC[C@H](CC(=O)N[C@@H]1CCC[C@H](C(=O)O)C1)NC(=O)OCC1c2ccccc2-c2ccccc21. The fourth-order valence-electron chi connectivity index (χ4n) is 5.16. The van der Waals surface area contributed by atoms with E-state index in [-0.39, 0.29) is 36.9 Å². The van der Waals surface area contributed by atoms with Gasteiger partial charge in [-0.25, -0.2) is 4.79 Å². The number of carboxylic acids is 1. The largest absolute Gasteiger partial charge is 0.481 e. The summed E-state index contributed by atoms with van der Waals surface area (Å²) in [4.78, 5) is 36.3. The van der Waals surface area contributed by atoms with Crippen molar-refractivity contribution < 1.29 is 24.2 Å². The molecule has 0 bridgehead atoms.